The van der Waals surface area contributed by atoms with Crippen LogP contribution >= 0.6 is 23.4 Å². The summed E-state index contributed by atoms with van der Waals surface area (Å²) >= 11 is 0. The first-order valence-electron chi connectivity index (χ1n) is 35.7. The number of aromatic amines is 1. The topological polar surface area (TPSA) is 568 Å². The third-order valence-corrected chi connectivity index (χ3v) is 21.7. The van der Waals surface area contributed by atoms with Crippen molar-refractivity contribution < 1.29 is 195 Å². The van der Waals surface area contributed by atoms with Gasteiger partial charge in [0.2, 0.25) is 5.95 Å². The number of nitrogens with zero attached hydrogens (tertiary/aromatic N) is 13. The van der Waals surface area contributed by atoms with E-state index in [-0.39, 0.29) is 135 Å². The summed E-state index contributed by atoms with van der Waals surface area (Å²) in [5.74, 6) is -3.83. The van der Waals surface area contributed by atoms with Gasteiger partial charge >= 0.3 is 122 Å². The number of terminal acetylenes is 1. The van der Waals surface area contributed by atoms with Gasteiger partial charge in [0, 0.05) is 63.7 Å². The smallest absolute Gasteiger partial charge is 0.549 e. The summed E-state index contributed by atoms with van der Waals surface area (Å²) in [5.41, 5.74) is 20.4. The molecule has 11 N–H and O–H groups in total. The van der Waals surface area contributed by atoms with Crippen molar-refractivity contribution in [3.05, 3.63) is 185 Å². The van der Waals surface area contributed by atoms with E-state index < -0.39 is 110 Å². The maximum Gasteiger partial charge on any atom is 3.00 e. The molecule has 620 valence electrons. The zero-order valence-corrected chi connectivity index (χ0v) is 71.4. The largest absolute Gasteiger partial charge is 3.00 e. The Balaban J connectivity index is 0.000000354. The molecule has 9 heterocycles. The number of nitrogens with two attached hydrogens (primary N) is 2. The molecule has 2 aromatic carbocycles. The zero-order valence-electron chi connectivity index (χ0n) is 63.8. The van der Waals surface area contributed by atoms with E-state index in [1.807, 2.05) is 85.7 Å². The number of carboxylic acid groups (broad SMARTS) is 4. The minimum absolute atomic E-state index is 0. The molecule has 43 heteroatoms. The molecule has 1 aliphatic heterocycles. The number of phosphoric acid groups is 2. The van der Waals surface area contributed by atoms with E-state index in [0.717, 1.165) is 76.7 Å². The number of aliphatic hydroxyl groups is 2. The average Bonchev–Trinajstić information content (AvgIpc) is 1.60. The van der Waals surface area contributed by atoms with Crippen LogP contribution in [0.15, 0.2) is 157 Å². The van der Waals surface area contributed by atoms with Gasteiger partial charge in [0.1, 0.15) is 18.3 Å². The molecule has 0 spiro atoms. The van der Waals surface area contributed by atoms with Crippen molar-refractivity contribution in [1.82, 2.24) is 69.0 Å². The van der Waals surface area contributed by atoms with Crippen LogP contribution in [0.2, 0.25) is 0 Å². The SMILES string of the molecule is C#CC.CCN(CC)Cc1cccc(-c2cc(-c3ccc(N)cc3)cc(-c3cccc(CN(CC(=O)[O-])CC(=O)[O-])n3)n2)n1.CCN(CC)Cc1cccc(-c2cc(-c3ccc(NP(=O)(O)OP(=O)(O)OP(=O)(O)OC[C@H]4O[C@@H](n5cnc6c(=O)[nH]c(N)nc65)[C@@H](O)C4O)cc3)cc(-c3cccc(CN(CC(=O)[O-])CC(=O)[O-])n3)n2)n1.[Eu+3].[Eu+3]. The van der Waals surface area contributed by atoms with E-state index >= 15 is 0 Å². The van der Waals surface area contributed by atoms with E-state index in [4.69, 9.17) is 40.7 Å². The van der Waals surface area contributed by atoms with Crippen molar-refractivity contribution in [3.63, 3.8) is 0 Å². The normalized spacial score (nSPS) is 15.9. The molecule has 0 bridgehead atoms. The molecule has 38 nitrogen and oxygen atoms in total. The number of hydrogen-bond donors (Lipinski definition) is 9. The Morgan fingerprint density at radius 1 is 0.542 bits per heavy atom. The van der Waals surface area contributed by atoms with Crippen LogP contribution in [-0.2, 0) is 76.9 Å². The summed E-state index contributed by atoms with van der Waals surface area (Å²) in [6, 6.07) is 41.9. The molecule has 1 aliphatic rings. The maximum atomic E-state index is 13.1. The predicted molar refractivity (Wildman–Crippen MR) is 415 cm³/mol. The number of fused-ring (bicyclic) bond motifs is 1. The number of benzene rings is 2. The number of phosphoric ester groups is 1. The Morgan fingerprint density at radius 2 is 0.915 bits per heavy atom. The number of ether oxygens (including phenoxy) is 1. The molecular weight excluding hydrogens is 1870 g/mol. The van der Waals surface area contributed by atoms with Crippen molar-refractivity contribution in [2.24, 2.45) is 0 Å². The molecule has 8 aromatic heterocycles. The van der Waals surface area contributed by atoms with Crippen molar-refractivity contribution in [3.8, 4) is 80.1 Å². The zero-order chi connectivity index (χ0) is 84.2. The summed E-state index contributed by atoms with van der Waals surface area (Å²) in [6.45, 7) is 10.9. The third-order valence-electron chi connectivity index (χ3n) is 17.3. The van der Waals surface area contributed by atoms with Gasteiger partial charge < -0.3 is 80.7 Å². The molecule has 11 rings (SSSR count). The number of imidazole rings is 1. The van der Waals surface area contributed by atoms with Crippen LogP contribution in [0.1, 0.15) is 63.6 Å². The summed E-state index contributed by atoms with van der Waals surface area (Å²) in [7, 11) is -17.0. The number of hydrogen-bond acceptors (Lipinski definition) is 32. The third kappa shape index (κ3) is 28.5. The molecule has 7 atom stereocenters. The number of aliphatic hydroxyl groups excluding tert-OH is 2. The fourth-order valence-electron chi connectivity index (χ4n) is 11.9. The van der Waals surface area contributed by atoms with Crippen molar-refractivity contribution in [2.75, 3.05) is 75.5 Å². The Morgan fingerprint density at radius 3 is 1.29 bits per heavy atom. The monoisotopic (exact) mass is 1960 g/mol. The van der Waals surface area contributed by atoms with Gasteiger partial charge in [-0.25, -0.2) is 48.6 Å². The fraction of sp³-hybridized carbons (Fsp3) is 0.293. The number of carbonyl (C=O) groups is 4. The number of nitrogens with one attached hydrogen (secondary N) is 2. The van der Waals surface area contributed by atoms with Crippen LogP contribution in [-0.4, -0.2) is 195 Å². The number of carbonyl (C=O) groups excluding carboxylic acids is 4. The van der Waals surface area contributed by atoms with E-state index in [9.17, 15) is 83.0 Å². The van der Waals surface area contributed by atoms with E-state index in [1.54, 1.807) is 61.5 Å². The second kappa shape index (κ2) is 45.0. The summed E-state index contributed by atoms with van der Waals surface area (Å²) < 4.78 is 58.6. The number of rotatable bonds is 36. The van der Waals surface area contributed by atoms with Gasteiger partial charge in [0.25, 0.3) is 5.56 Å². The summed E-state index contributed by atoms with van der Waals surface area (Å²) in [4.78, 5) is 134. The number of aromatic nitrogens is 10. The van der Waals surface area contributed by atoms with Gasteiger partial charge in [-0.2, -0.15) is 13.6 Å². The number of aliphatic carboxylic acids is 4. The van der Waals surface area contributed by atoms with E-state index in [1.165, 1.54) is 29.2 Å². The minimum Gasteiger partial charge on any atom is -0.549 e. The van der Waals surface area contributed by atoms with Crippen molar-refractivity contribution in [1.29, 1.82) is 0 Å². The molecule has 0 amide bonds. The van der Waals surface area contributed by atoms with Crippen LogP contribution < -0.4 is 42.5 Å². The standard InChI is InChI=1S/C41H48N11O17P3.C31H34N6O4.C3H4.2Eu/c1-3-50(4-2)17-26-7-5-9-28(44-26)30-15-24(16-31(46-30)29-10-6-8-27(45-29)18-51(19-33(53)54)20-34(55)56)23-11-13-25(14-12-23)49-70(60,61)68-72(64,65)69-71(62,63)66-21-32-36(57)37(58)40(67-32)52-22-43-35-38(52)47-41(42)48-39(35)59;1-3-36(4-2)17-24-7-5-9-26(33-24)28-15-22(21-11-13-23(32)14-12-21)16-29(35-28)27-10-6-8-25(34-27)18-37(19-30(38)39)20-31(40)41;1-3-2;;/h5-16,22,32,36-37,40,57-58H,3-4,17-21H2,1-2H3,(H,53,54)(H,55,56)(H,62,63)(H,64,65)(H2,49,60,61)(H3,42,47,48,59);5-16H,3-4,17-20,32H2,1-2H3,(H,38,39)(H,40,41);1H,2H3;;/q;;;2*+3/p-4/t32-,36?,37+,40-;;;;/m1..../s1. The fourth-order valence-corrected chi connectivity index (χ4v) is 15.6. The Kier molecular flexibility index (Phi) is 37.0. The number of carboxylic acids is 4. The van der Waals surface area contributed by atoms with Crippen LogP contribution in [0.5, 0.6) is 0 Å². The van der Waals surface area contributed by atoms with E-state index in [0.29, 0.717) is 74.6 Å². The first kappa shape index (κ1) is 97.0. The Labute approximate surface area is 758 Å². The molecule has 10 aromatic rings. The van der Waals surface area contributed by atoms with Crippen molar-refractivity contribution in [2.45, 2.75) is 85.3 Å². The second-order valence-corrected chi connectivity index (χ2v) is 30.6. The van der Waals surface area contributed by atoms with Gasteiger partial charge in [0.05, 0.1) is 105 Å². The average molecular weight is 1950 g/mol. The Hall–Kier alpha value is -8.13. The number of pyridine rings is 6. The molecule has 0 saturated carbocycles. The molecule has 0 aliphatic carbocycles. The first-order chi connectivity index (χ1) is 55.1. The van der Waals surface area contributed by atoms with Crippen LogP contribution in [0, 0.1) is 111 Å². The molecule has 118 heavy (non-hydrogen) atoms. The molecule has 0 radical (unpaired) electrons. The summed E-state index contributed by atoms with van der Waals surface area (Å²) in [5, 5.41) is 68.2. The van der Waals surface area contributed by atoms with Crippen molar-refractivity contribution >= 4 is 75.8 Å². The molecule has 1 saturated heterocycles. The maximum absolute atomic E-state index is 13.1. The quantitative estimate of drug-likeness (QED) is 0.0155. The van der Waals surface area contributed by atoms with Crippen LogP contribution in [0.4, 0.5) is 17.3 Å². The molecule has 4 unspecified atom stereocenters. The number of nitrogen functional groups attached to an aromatic ring is 2. The number of anilines is 3. The van der Waals surface area contributed by atoms with Gasteiger partial charge in [-0.05, 0) is 152 Å². The van der Waals surface area contributed by atoms with Crippen LogP contribution in [0.25, 0.3) is 79.0 Å². The van der Waals surface area contributed by atoms with Gasteiger partial charge in [-0.15, -0.1) is 12.3 Å². The second-order valence-electron chi connectivity index (χ2n) is 25.8. The predicted octanol–water partition coefficient (Wildman–Crippen LogP) is 2.35. The first-order valence-corrected chi connectivity index (χ1v) is 40.2. The molecular formula is C75H82Eu2N17O21P3+2. The van der Waals surface area contributed by atoms with Crippen LogP contribution in [0.3, 0.4) is 0 Å². The van der Waals surface area contributed by atoms with Gasteiger partial charge in [0.15, 0.2) is 17.4 Å². The van der Waals surface area contributed by atoms with Gasteiger partial charge in [-0.1, -0.05) is 76.2 Å². The Bertz CT molecular complexity index is 5370. The van der Waals surface area contributed by atoms with Gasteiger partial charge in [-0.3, -0.25) is 43.6 Å². The minimum atomic E-state index is -5.93. The summed E-state index contributed by atoms with van der Waals surface area (Å²) in [6.07, 6.45) is -1.00. The van der Waals surface area contributed by atoms with E-state index in [2.05, 4.69) is 69.5 Å². The molecule has 1 fully saturated rings. The number of H-pyrrole nitrogens is 1.